The second kappa shape index (κ2) is 10.5. The Morgan fingerprint density at radius 2 is 1.91 bits per heavy atom. The molecule has 2 heterocycles. The van der Waals surface area contributed by atoms with Crippen molar-refractivity contribution in [3.05, 3.63) is 47.3 Å². The molecule has 0 bridgehead atoms. The molecule has 1 aromatic carbocycles. The lowest BCUT2D eigenvalue weighted by Crippen LogP contribution is -2.32. The zero-order valence-electron chi connectivity index (χ0n) is 18.5. The molecule has 9 nitrogen and oxygen atoms in total. The maximum Gasteiger partial charge on any atom is 0.412 e. The lowest BCUT2D eigenvalue weighted by Gasteiger charge is -2.23. The number of anilines is 1. The number of carbonyl (C=O) groups is 2. The molecule has 0 spiro atoms. The van der Waals surface area contributed by atoms with Crippen LogP contribution in [0.1, 0.15) is 35.7 Å². The van der Waals surface area contributed by atoms with Crippen molar-refractivity contribution >= 4 is 54.9 Å². The minimum absolute atomic E-state index is 0.0156. The standard InChI is InChI=1S/C22H23BrFN3O6S/c1-3-13-12-16-17(21(28)33-22(25)29)18(14-6-8-15(24)9-7-14)32-20(16)26-19(13)27(34(2,30)31)11-5-4-10-23/h6-9,12H,3-5,10-11H2,1-2H3,(H2,25,29). The number of esters is 1. The number of amides is 1. The van der Waals surface area contributed by atoms with Crippen molar-refractivity contribution in [1.29, 1.82) is 0 Å². The van der Waals surface area contributed by atoms with Gasteiger partial charge in [0.15, 0.2) is 5.76 Å². The third-order valence-corrected chi connectivity index (χ3v) is 6.72. The van der Waals surface area contributed by atoms with E-state index in [1.54, 1.807) is 6.07 Å². The summed E-state index contributed by atoms with van der Waals surface area (Å²) in [5.41, 5.74) is 5.72. The largest absolute Gasteiger partial charge is 0.437 e. The number of hydrogen-bond donors (Lipinski definition) is 1. The first-order valence-corrected chi connectivity index (χ1v) is 13.3. The van der Waals surface area contributed by atoms with E-state index in [4.69, 9.17) is 10.2 Å². The fourth-order valence-electron chi connectivity index (χ4n) is 3.46. The van der Waals surface area contributed by atoms with Gasteiger partial charge in [-0.1, -0.05) is 22.9 Å². The predicted molar refractivity (Wildman–Crippen MR) is 129 cm³/mol. The van der Waals surface area contributed by atoms with Crippen LogP contribution >= 0.6 is 15.9 Å². The van der Waals surface area contributed by atoms with Gasteiger partial charge in [0.2, 0.25) is 15.7 Å². The summed E-state index contributed by atoms with van der Waals surface area (Å²) in [7, 11) is -3.67. The molecule has 3 aromatic rings. The number of hydrogen-bond acceptors (Lipinski definition) is 7. The maximum atomic E-state index is 13.5. The van der Waals surface area contributed by atoms with Gasteiger partial charge in [-0.2, -0.15) is 4.98 Å². The highest BCUT2D eigenvalue weighted by molar-refractivity contribution is 9.09. The molecule has 12 heteroatoms. The molecule has 0 saturated heterocycles. The molecule has 0 unspecified atom stereocenters. The number of pyridine rings is 1. The van der Waals surface area contributed by atoms with Gasteiger partial charge in [-0.25, -0.2) is 22.4 Å². The molecule has 3 rings (SSSR count). The summed E-state index contributed by atoms with van der Waals surface area (Å²) in [6.07, 6.45) is 1.53. The zero-order chi connectivity index (χ0) is 25.0. The van der Waals surface area contributed by atoms with Gasteiger partial charge in [0.05, 0.1) is 11.6 Å². The molecular formula is C22H23BrFN3O6S. The van der Waals surface area contributed by atoms with E-state index in [9.17, 15) is 22.4 Å². The molecule has 1 amide bonds. The number of alkyl halides is 1. The number of ether oxygens (including phenoxy) is 1. The van der Waals surface area contributed by atoms with Crippen molar-refractivity contribution < 1.29 is 31.6 Å². The van der Waals surface area contributed by atoms with E-state index >= 15 is 0 Å². The van der Waals surface area contributed by atoms with Gasteiger partial charge in [-0.3, -0.25) is 4.31 Å². The number of sulfonamides is 1. The molecule has 34 heavy (non-hydrogen) atoms. The topological polar surface area (TPSA) is 133 Å². The number of benzene rings is 1. The number of furan rings is 1. The van der Waals surface area contributed by atoms with Crippen molar-refractivity contribution in [3.63, 3.8) is 0 Å². The summed E-state index contributed by atoms with van der Waals surface area (Å²) in [5.74, 6) is -1.40. The number of carbonyl (C=O) groups excluding carboxylic acids is 2. The van der Waals surface area contributed by atoms with Gasteiger partial charge in [0.1, 0.15) is 17.2 Å². The summed E-state index contributed by atoms with van der Waals surface area (Å²) in [5, 5.41) is 0.933. The van der Waals surface area contributed by atoms with Gasteiger partial charge < -0.3 is 14.9 Å². The van der Waals surface area contributed by atoms with Crippen LogP contribution in [0.5, 0.6) is 0 Å². The van der Waals surface area contributed by atoms with Gasteiger partial charge in [0, 0.05) is 17.4 Å². The Kier molecular flexibility index (Phi) is 7.93. The molecule has 0 radical (unpaired) electrons. The summed E-state index contributed by atoms with van der Waals surface area (Å²) in [6, 6.07) is 6.71. The first-order chi connectivity index (χ1) is 16.1. The number of nitrogens with zero attached hydrogens (tertiary/aromatic N) is 2. The van der Waals surface area contributed by atoms with E-state index < -0.39 is 27.9 Å². The average Bonchev–Trinajstić information content (AvgIpc) is 3.13. The van der Waals surface area contributed by atoms with Crippen LogP contribution in [-0.4, -0.2) is 43.6 Å². The number of aryl methyl sites for hydroxylation is 1. The normalized spacial score (nSPS) is 11.5. The van der Waals surface area contributed by atoms with E-state index in [1.807, 2.05) is 6.92 Å². The molecule has 2 aromatic heterocycles. The summed E-state index contributed by atoms with van der Waals surface area (Å²) < 4.78 is 50.2. The molecule has 0 aliphatic rings. The molecule has 0 aliphatic heterocycles. The van der Waals surface area contributed by atoms with Crippen LogP contribution in [0.2, 0.25) is 0 Å². The van der Waals surface area contributed by atoms with Gasteiger partial charge >= 0.3 is 12.1 Å². The van der Waals surface area contributed by atoms with Crippen molar-refractivity contribution in [1.82, 2.24) is 4.98 Å². The Morgan fingerprint density at radius 1 is 1.24 bits per heavy atom. The van der Waals surface area contributed by atoms with Crippen LogP contribution in [0.3, 0.4) is 0 Å². The zero-order valence-corrected chi connectivity index (χ0v) is 20.9. The summed E-state index contributed by atoms with van der Waals surface area (Å²) >= 11 is 3.34. The van der Waals surface area contributed by atoms with Crippen LogP contribution < -0.4 is 10.0 Å². The summed E-state index contributed by atoms with van der Waals surface area (Å²) in [6.45, 7) is 2.02. The minimum Gasteiger partial charge on any atom is -0.437 e. The quantitative estimate of drug-likeness (QED) is 0.179. The average molecular weight is 556 g/mol. The van der Waals surface area contributed by atoms with Crippen molar-refractivity contribution in [2.75, 3.05) is 22.4 Å². The summed E-state index contributed by atoms with van der Waals surface area (Å²) in [4.78, 5) is 28.4. The molecule has 0 saturated carbocycles. The van der Waals surface area contributed by atoms with E-state index in [2.05, 4.69) is 25.7 Å². The third-order valence-electron chi connectivity index (χ3n) is 5.00. The number of aromatic nitrogens is 1. The lowest BCUT2D eigenvalue weighted by molar-refractivity contribution is 0.0640. The monoisotopic (exact) mass is 555 g/mol. The van der Waals surface area contributed by atoms with E-state index in [-0.39, 0.29) is 34.8 Å². The fourth-order valence-corrected chi connectivity index (χ4v) is 4.79. The smallest absolute Gasteiger partial charge is 0.412 e. The Balaban J connectivity index is 2.27. The van der Waals surface area contributed by atoms with E-state index in [0.29, 0.717) is 24.0 Å². The SMILES string of the molecule is CCc1cc2c(C(=O)OC(N)=O)c(-c3ccc(F)cc3)oc2nc1N(CCCCBr)S(C)(=O)=O. The van der Waals surface area contributed by atoms with Crippen LogP contribution in [0.15, 0.2) is 34.7 Å². The van der Waals surface area contributed by atoms with Gasteiger partial charge in [-0.15, -0.1) is 0 Å². The van der Waals surface area contributed by atoms with Crippen molar-refractivity contribution in [2.24, 2.45) is 5.73 Å². The second-order valence-corrected chi connectivity index (χ2v) is 10.1. The Labute approximate surface area is 204 Å². The molecule has 0 atom stereocenters. The molecule has 0 aliphatic carbocycles. The van der Waals surface area contributed by atoms with Crippen LogP contribution in [0.4, 0.5) is 15.0 Å². The highest BCUT2D eigenvalue weighted by atomic mass is 79.9. The predicted octanol–water partition coefficient (Wildman–Crippen LogP) is 4.37. The second-order valence-electron chi connectivity index (χ2n) is 7.43. The molecular weight excluding hydrogens is 533 g/mol. The Morgan fingerprint density at radius 3 is 2.47 bits per heavy atom. The first-order valence-electron chi connectivity index (χ1n) is 10.3. The number of nitrogens with two attached hydrogens (primary N) is 1. The van der Waals surface area contributed by atoms with Gasteiger partial charge in [-0.05, 0) is 55.2 Å². The number of rotatable bonds is 9. The number of halogens is 2. The van der Waals surface area contributed by atoms with E-state index in [0.717, 1.165) is 18.0 Å². The molecule has 2 N–H and O–H groups in total. The first kappa shape index (κ1) is 25.6. The van der Waals surface area contributed by atoms with Crippen LogP contribution in [0.25, 0.3) is 22.4 Å². The molecule has 0 fully saturated rings. The maximum absolute atomic E-state index is 13.5. The van der Waals surface area contributed by atoms with Crippen molar-refractivity contribution in [3.8, 4) is 11.3 Å². The van der Waals surface area contributed by atoms with Crippen molar-refractivity contribution in [2.45, 2.75) is 26.2 Å². The van der Waals surface area contributed by atoms with Crippen LogP contribution in [-0.2, 0) is 21.2 Å². The number of primary amides is 1. The highest BCUT2D eigenvalue weighted by Crippen LogP contribution is 2.36. The molecule has 182 valence electrons. The number of fused-ring (bicyclic) bond motifs is 1. The lowest BCUT2D eigenvalue weighted by atomic mass is 10.0. The fraction of sp³-hybridized carbons (Fsp3) is 0.318. The van der Waals surface area contributed by atoms with Crippen LogP contribution in [0, 0.1) is 5.82 Å². The van der Waals surface area contributed by atoms with Gasteiger partial charge in [0.25, 0.3) is 0 Å². The third kappa shape index (κ3) is 5.55. The minimum atomic E-state index is -3.67. The van der Waals surface area contributed by atoms with E-state index in [1.165, 1.54) is 28.6 Å². The highest BCUT2D eigenvalue weighted by Gasteiger charge is 2.29. The Hall–Kier alpha value is -2.99. The number of unbranched alkanes of at least 4 members (excludes halogenated alkanes) is 1. The Bertz CT molecular complexity index is 1320.